The summed E-state index contributed by atoms with van der Waals surface area (Å²) in [5.74, 6) is 1.11. The zero-order chi connectivity index (χ0) is 25.8. The van der Waals surface area contributed by atoms with Gasteiger partial charge in [0.25, 0.3) is 0 Å². The highest BCUT2D eigenvalue weighted by atomic mass is 16.2. The third-order valence-corrected chi connectivity index (χ3v) is 7.28. The van der Waals surface area contributed by atoms with E-state index in [9.17, 15) is 9.59 Å². The van der Waals surface area contributed by atoms with E-state index in [1.54, 1.807) is 0 Å². The number of carbonyl (C=O) groups excluding carboxylic acids is 2. The smallest absolute Gasteiger partial charge is 0.240 e. The van der Waals surface area contributed by atoms with Crippen LogP contribution < -0.4 is 16.0 Å². The first-order valence-corrected chi connectivity index (χ1v) is 13.6. The largest absolute Gasteiger partial charge is 0.352 e. The Balaban J connectivity index is 1.64. The molecule has 1 saturated heterocycles. The molecule has 2 aliphatic rings. The van der Waals surface area contributed by atoms with Gasteiger partial charge in [-0.3, -0.25) is 9.59 Å². The molecule has 0 radical (unpaired) electrons. The topological polar surface area (TPSA) is 73.5 Å². The number of fused-ring (bicyclic) bond motifs is 1. The zero-order valence-electron chi connectivity index (χ0n) is 22.9. The van der Waals surface area contributed by atoms with Crippen molar-refractivity contribution >= 4 is 11.8 Å². The average molecular weight is 485 g/mol. The Kier molecular flexibility index (Phi) is 9.39. The lowest BCUT2D eigenvalue weighted by Crippen LogP contribution is -2.52. The molecule has 3 rings (SSSR count). The highest BCUT2D eigenvalue weighted by molar-refractivity contribution is 5.83. The van der Waals surface area contributed by atoms with Crippen LogP contribution in [-0.2, 0) is 16.0 Å². The summed E-state index contributed by atoms with van der Waals surface area (Å²) in [5, 5.41) is 10.4. The molecule has 1 aliphatic heterocycles. The molecule has 1 saturated carbocycles. The van der Waals surface area contributed by atoms with Crippen molar-refractivity contribution in [2.75, 3.05) is 13.1 Å². The van der Waals surface area contributed by atoms with Crippen molar-refractivity contribution in [3.05, 3.63) is 35.9 Å². The van der Waals surface area contributed by atoms with E-state index in [2.05, 4.69) is 81.4 Å². The molecule has 1 aliphatic carbocycles. The van der Waals surface area contributed by atoms with E-state index in [0.29, 0.717) is 18.3 Å². The Bertz CT molecular complexity index is 833. The van der Waals surface area contributed by atoms with Crippen LogP contribution in [-0.4, -0.2) is 60.0 Å². The SMILES string of the molecule is CC(C)N[C@@H](CC(C)(C)C)C(=O)N[C@H]1CC[C@@H]2CN(C(=O)[C@H](Cc3ccccc3)NC(C)C)C[C@@H]21. The van der Waals surface area contributed by atoms with Crippen molar-refractivity contribution in [1.29, 1.82) is 0 Å². The summed E-state index contributed by atoms with van der Waals surface area (Å²) in [4.78, 5) is 28.9. The van der Waals surface area contributed by atoms with Crippen LogP contribution in [0.25, 0.3) is 0 Å². The van der Waals surface area contributed by atoms with Gasteiger partial charge < -0.3 is 20.9 Å². The number of hydrogen-bond acceptors (Lipinski definition) is 4. The molecular weight excluding hydrogens is 436 g/mol. The van der Waals surface area contributed by atoms with Crippen molar-refractivity contribution in [1.82, 2.24) is 20.9 Å². The van der Waals surface area contributed by atoms with Gasteiger partial charge >= 0.3 is 0 Å². The van der Waals surface area contributed by atoms with Gasteiger partial charge in [0.1, 0.15) is 0 Å². The van der Waals surface area contributed by atoms with Crippen molar-refractivity contribution in [2.24, 2.45) is 17.3 Å². The zero-order valence-corrected chi connectivity index (χ0v) is 22.9. The van der Waals surface area contributed by atoms with Crippen molar-refractivity contribution in [3.8, 4) is 0 Å². The fourth-order valence-corrected chi connectivity index (χ4v) is 5.84. The average Bonchev–Trinajstić information content (AvgIpc) is 3.33. The number of likely N-dealkylation sites (tertiary alicyclic amines) is 1. The predicted molar refractivity (Wildman–Crippen MR) is 143 cm³/mol. The molecule has 0 bridgehead atoms. The number of nitrogens with one attached hydrogen (secondary N) is 3. The normalized spacial score (nSPS) is 24.0. The van der Waals surface area contributed by atoms with Gasteiger partial charge in [-0.25, -0.2) is 0 Å². The maximum atomic E-state index is 13.6. The van der Waals surface area contributed by atoms with Gasteiger partial charge in [-0.15, -0.1) is 0 Å². The second-order valence-electron chi connectivity index (χ2n) is 12.6. The standard InChI is InChI=1S/C29H48N4O2/c1-19(2)30-25(15-21-11-9-8-10-12-21)28(35)33-17-22-13-14-24(23(22)18-33)32-27(34)26(31-20(3)4)16-29(5,6)7/h8-12,19-20,22-26,30-31H,13-18H2,1-7H3,(H,32,34)/t22-,23+,24+,25+,26+/m1/s1. The number of amides is 2. The highest BCUT2D eigenvalue weighted by Crippen LogP contribution is 2.38. The molecule has 0 spiro atoms. The van der Waals surface area contributed by atoms with Gasteiger partial charge in [-0.05, 0) is 42.6 Å². The van der Waals surface area contributed by atoms with Gasteiger partial charge in [0.2, 0.25) is 11.8 Å². The first-order chi connectivity index (χ1) is 16.4. The summed E-state index contributed by atoms with van der Waals surface area (Å²) < 4.78 is 0. The molecule has 0 unspecified atom stereocenters. The Morgan fingerprint density at radius 3 is 2.17 bits per heavy atom. The molecule has 2 amide bonds. The predicted octanol–water partition coefficient (Wildman–Crippen LogP) is 3.75. The monoisotopic (exact) mass is 484 g/mol. The fraction of sp³-hybridized carbons (Fsp3) is 0.724. The number of nitrogens with zero attached hydrogens (tertiary/aromatic N) is 1. The van der Waals surface area contributed by atoms with Gasteiger partial charge in [0, 0.05) is 37.1 Å². The van der Waals surface area contributed by atoms with Crippen molar-refractivity contribution in [3.63, 3.8) is 0 Å². The number of carbonyl (C=O) groups is 2. The summed E-state index contributed by atoms with van der Waals surface area (Å²) in [7, 11) is 0. The second-order valence-corrected chi connectivity index (χ2v) is 12.6. The van der Waals surface area contributed by atoms with Crippen LogP contribution >= 0.6 is 0 Å². The van der Waals surface area contributed by atoms with E-state index in [0.717, 1.165) is 32.4 Å². The van der Waals surface area contributed by atoms with E-state index in [4.69, 9.17) is 0 Å². The molecule has 5 atom stereocenters. The molecule has 2 fully saturated rings. The molecule has 6 nitrogen and oxygen atoms in total. The molecule has 3 N–H and O–H groups in total. The van der Waals surface area contributed by atoms with Gasteiger partial charge in [-0.1, -0.05) is 78.8 Å². The maximum absolute atomic E-state index is 13.6. The molecule has 6 heteroatoms. The van der Waals surface area contributed by atoms with E-state index < -0.39 is 0 Å². The third-order valence-electron chi connectivity index (χ3n) is 7.28. The molecule has 196 valence electrons. The summed E-state index contributed by atoms with van der Waals surface area (Å²) in [6.45, 7) is 16.4. The Labute approximate surface area is 213 Å². The summed E-state index contributed by atoms with van der Waals surface area (Å²) in [6, 6.07) is 10.4. The van der Waals surface area contributed by atoms with E-state index in [-0.39, 0.29) is 47.4 Å². The van der Waals surface area contributed by atoms with Crippen LogP contribution in [0, 0.1) is 17.3 Å². The van der Waals surface area contributed by atoms with Crippen LogP contribution in [0.3, 0.4) is 0 Å². The Morgan fingerprint density at radius 1 is 0.943 bits per heavy atom. The molecule has 35 heavy (non-hydrogen) atoms. The van der Waals surface area contributed by atoms with Gasteiger partial charge in [-0.2, -0.15) is 0 Å². The highest BCUT2D eigenvalue weighted by Gasteiger charge is 2.46. The fourth-order valence-electron chi connectivity index (χ4n) is 5.84. The minimum atomic E-state index is -0.226. The third kappa shape index (κ3) is 8.04. The van der Waals surface area contributed by atoms with Crippen LogP contribution in [0.4, 0.5) is 0 Å². The van der Waals surface area contributed by atoms with Gasteiger partial charge in [0.05, 0.1) is 12.1 Å². The lowest BCUT2D eigenvalue weighted by Gasteiger charge is -2.30. The Morgan fingerprint density at radius 2 is 1.57 bits per heavy atom. The van der Waals surface area contributed by atoms with Crippen LogP contribution in [0.5, 0.6) is 0 Å². The van der Waals surface area contributed by atoms with E-state index in [1.165, 1.54) is 5.56 Å². The number of benzene rings is 1. The first kappa shape index (κ1) is 27.7. The molecule has 0 aromatic heterocycles. The van der Waals surface area contributed by atoms with Crippen LogP contribution in [0.2, 0.25) is 0 Å². The second kappa shape index (κ2) is 11.9. The van der Waals surface area contributed by atoms with E-state index >= 15 is 0 Å². The van der Waals surface area contributed by atoms with Crippen molar-refractivity contribution < 1.29 is 9.59 Å². The first-order valence-electron chi connectivity index (χ1n) is 13.6. The Hall–Kier alpha value is -1.92. The van der Waals surface area contributed by atoms with Crippen LogP contribution in [0.1, 0.15) is 73.3 Å². The summed E-state index contributed by atoms with van der Waals surface area (Å²) in [6.07, 6.45) is 3.57. The molecule has 1 aromatic carbocycles. The minimum absolute atomic E-state index is 0.0653. The quantitative estimate of drug-likeness (QED) is 0.473. The molecular formula is C29H48N4O2. The number of hydrogen-bond donors (Lipinski definition) is 3. The van der Waals surface area contributed by atoms with E-state index in [1.807, 2.05) is 18.2 Å². The van der Waals surface area contributed by atoms with Crippen LogP contribution in [0.15, 0.2) is 30.3 Å². The van der Waals surface area contributed by atoms with Crippen molar-refractivity contribution in [2.45, 2.75) is 104 Å². The maximum Gasteiger partial charge on any atom is 0.240 e. The summed E-state index contributed by atoms with van der Waals surface area (Å²) in [5.41, 5.74) is 1.24. The number of rotatable bonds is 10. The molecule has 1 aromatic rings. The lowest BCUT2D eigenvalue weighted by molar-refractivity contribution is -0.132. The lowest BCUT2D eigenvalue weighted by atomic mass is 9.87. The van der Waals surface area contributed by atoms with Gasteiger partial charge in [0.15, 0.2) is 0 Å². The summed E-state index contributed by atoms with van der Waals surface area (Å²) >= 11 is 0. The minimum Gasteiger partial charge on any atom is -0.352 e. The molecule has 1 heterocycles.